The highest BCUT2D eigenvalue weighted by Gasteiger charge is 2.09. The summed E-state index contributed by atoms with van der Waals surface area (Å²) < 4.78 is 5.15. The Hall–Kier alpha value is -2.96. The second kappa shape index (κ2) is 9.82. The predicted molar refractivity (Wildman–Crippen MR) is 111 cm³/mol. The van der Waals surface area contributed by atoms with Gasteiger partial charge in [0.1, 0.15) is 18.2 Å². The van der Waals surface area contributed by atoms with Gasteiger partial charge in [-0.25, -0.2) is 4.98 Å². The van der Waals surface area contributed by atoms with Gasteiger partial charge in [-0.2, -0.15) is 0 Å². The van der Waals surface area contributed by atoms with Crippen molar-refractivity contribution in [3.8, 4) is 10.6 Å². The molecule has 1 amide bonds. The van der Waals surface area contributed by atoms with Crippen LogP contribution in [-0.4, -0.2) is 23.4 Å². The lowest BCUT2D eigenvalue weighted by Crippen LogP contribution is -2.29. The van der Waals surface area contributed by atoms with Gasteiger partial charge < -0.3 is 10.1 Å². The molecular weight excluding hydrogens is 396 g/mol. The third-order valence-corrected chi connectivity index (χ3v) is 4.85. The minimum absolute atomic E-state index is 0.0542. The molecule has 0 saturated carbocycles. The number of rotatable bonds is 7. The molecule has 0 fully saturated rings. The number of ether oxygens (including phenoxy) is 1. The summed E-state index contributed by atoms with van der Waals surface area (Å²) >= 11 is 7.34. The Balaban J connectivity index is 1.42. The molecule has 1 aromatic heterocycles. The topological polar surface area (TPSA) is 68.3 Å². The highest BCUT2D eigenvalue weighted by molar-refractivity contribution is 7.13. The molecule has 3 aromatic rings. The molecule has 28 heavy (non-hydrogen) atoms. The zero-order chi connectivity index (χ0) is 19.8. The lowest BCUT2D eigenvalue weighted by atomic mass is 10.2. The van der Waals surface area contributed by atoms with Crippen molar-refractivity contribution in [1.29, 1.82) is 0 Å². The summed E-state index contributed by atoms with van der Waals surface area (Å²) in [6, 6.07) is 16.8. The van der Waals surface area contributed by atoms with Crippen LogP contribution in [0.25, 0.3) is 16.6 Å². The number of amides is 1. The molecule has 0 aliphatic rings. The van der Waals surface area contributed by atoms with Crippen molar-refractivity contribution in [2.45, 2.75) is 6.61 Å². The number of hydrogen-bond acceptors (Lipinski definition) is 5. The van der Waals surface area contributed by atoms with E-state index in [2.05, 4.69) is 10.3 Å². The first-order chi connectivity index (χ1) is 13.6. The maximum Gasteiger partial charge on any atom is 0.325 e. The van der Waals surface area contributed by atoms with Crippen LogP contribution in [0.15, 0.2) is 66.1 Å². The summed E-state index contributed by atoms with van der Waals surface area (Å²) in [4.78, 5) is 28.0. The van der Waals surface area contributed by atoms with E-state index >= 15 is 0 Å². The van der Waals surface area contributed by atoms with Gasteiger partial charge in [0.15, 0.2) is 0 Å². The van der Waals surface area contributed by atoms with E-state index in [9.17, 15) is 9.59 Å². The van der Waals surface area contributed by atoms with Crippen molar-refractivity contribution in [3.05, 3.63) is 82.3 Å². The Bertz CT molecular complexity index is 969. The summed E-state index contributed by atoms with van der Waals surface area (Å²) in [5.74, 6) is -0.887. The van der Waals surface area contributed by atoms with E-state index in [1.807, 2.05) is 47.8 Å². The van der Waals surface area contributed by atoms with Gasteiger partial charge in [-0.3, -0.25) is 9.59 Å². The van der Waals surface area contributed by atoms with E-state index in [1.54, 1.807) is 18.2 Å². The van der Waals surface area contributed by atoms with E-state index in [1.165, 1.54) is 17.4 Å². The van der Waals surface area contributed by atoms with Crippen LogP contribution in [0, 0.1) is 0 Å². The van der Waals surface area contributed by atoms with Crippen molar-refractivity contribution in [2.75, 3.05) is 6.54 Å². The third-order valence-electron chi connectivity index (χ3n) is 3.66. The van der Waals surface area contributed by atoms with E-state index in [0.29, 0.717) is 10.7 Å². The highest BCUT2D eigenvalue weighted by atomic mass is 35.5. The van der Waals surface area contributed by atoms with Crippen LogP contribution >= 0.6 is 22.9 Å². The zero-order valence-electron chi connectivity index (χ0n) is 14.8. The number of nitrogens with zero attached hydrogens (tertiary/aromatic N) is 1. The van der Waals surface area contributed by atoms with Gasteiger partial charge in [0.25, 0.3) is 0 Å². The van der Waals surface area contributed by atoms with E-state index in [0.717, 1.165) is 16.1 Å². The van der Waals surface area contributed by atoms with Crippen molar-refractivity contribution in [3.63, 3.8) is 0 Å². The molecule has 0 bridgehead atoms. The van der Waals surface area contributed by atoms with Crippen LogP contribution in [0.1, 0.15) is 11.3 Å². The van der Waals surface area contributed by atoms with Gasteiger partial charge in [0, 0.05) is 22.0 Å². The second-order valence-corrected chi connectivity index (χ2v) is 7.07. The number of thiazole rings is 1. The molecule has 142 valence electrons. The quantitative estimate of drug-likeness (QED) is 0.463. The van der Waals surface area contributed by atoms with Crippen molar-refractivity contribution in [1.82, 2.24) is 10.3 Å². The highest BCUT2D eigenvalue weighted by Crippen LogP contribution is 2.25. The van der Waals surface area contributed by atoms with Gasteiger partial charge in [0.05, 0.1) is 5.69 Å². The zero-order valence-corrected chi connectivity index (χ0v) is 16.4. The number of hydrogen-bond donors (Lipinski definition) is 1. The summed E-state index contributed by atoms with van der Waals surface area (Å²) in [7, 11) is 0. The van der Waals surface area contributed by atoms with Crippen LogP contribution in [0.4, 0.5) is 0 Å². The lowest BCUT2D eigenvalue weighted by molar-refractivity contribution is -0.144. The molecule has 2 aromatic carbocycles. The average Bonchev–Trinajstić information content (AvgIpc) is 3.19. The van der Waals surface area contributed by atoms with Crippen LogP contribution in [0.3, 0.4) is 0 Å². The standard InChI is InChI=1S/C21H17ClN2O3S/c22-17-9-7-16(8-10-17)21-24-18(14-28-21)13-27-20(26)12-23-19(25)11-6-15-4-2-1-3-5-15/h1-11,14H,12-13H2,(H,23,25)/b11-6+. The Kier molecular flexibility index (Phi) is 6.94. The van der Waals surface area contributed by atoms with Crippen molar-refractivity contribution in [2.24, 2.45) is 0 Å². The monoisotopic (exact) mass is 412 g/mol. The SMILES string of the molecule is O=C(/C=C/c1ccccc1)NCC(=O)OCc1csc(-c2ccc(Cl)cc2)n1. The smallest absolute Gasteiger partial charge is 0.325 e. The lowest BCUT2D eigenvalue weighted by Gasteiger charge is -2.03. The number of halogens is 1. The number of aromatic nitrogens is 1. The van der Waals surface area contributed by atoms with Crippen LogP contribution in [0.5, 0.6) is 0 Å². The summed E-state index contributed by atoms with van der Waals surface area (Å²) in [6.45, 7) is -0.148. The molecule has 0 spiro atoms. The molecule has 3 rings (SSSR count). The van der Waals surface area contributed by atoms with E-state index < -0.39 is 5.97 Å². The number of carbonyl (C=O) groups excluding carboxylic acids is 2. The van der Waals surface area contributed by atoms with Crippen molar-refractivity contribution < 1.29 is 14.3 Å². The van der Waals surface area contributed by atoms with Gasteiger partial charge in [-0.1, -0.05) is 54.1 Å². The molecule has 0 unspecified atom stereocenters. The summed E-state index contributed by atoms with van der Waals surface area (Å²) in [6.07, 6.45) is 3.05. The maximum absolute atomic E-state index is 11.8. The van der Waals surface area contributed by atoms with Crippen LogP contribution in [-0.2, 0) is 20.9 Å². The Morgan fingerprint density at radius 3 is 2.61 bits per heavy atom. The second-order valence-electron chi connectivity index (χ2n) is 5.77. The van der Waals surface area contributed by atoms with Gasteiger partial charge in [0.2, 0.25) is 5.91 Å². The van der Waals surface area contributed by atoms with E-state index in [4.69, 9.17) is 16.3 Å². The summed E-state index contributed by atoms with van der Waals surface area (Å²) in [5, 5.41) is 5.81. The Morgan fingerprint density at radius 2 is 1.86 bits per heavy atom. The molecule has 0 aliphatic carbocycles. The normalized spacial score (nSPS) is 10.8. The molecular formula is C21H17ClN2O3S. The molecule has 0 saturated heterocycles. The average molecular weight is 413 g/mol. The fraction of sp³-hybridized carbons (Fsp3) is 0.0952. The third kappa shape index (κ3) is 6.04. The first kappa shape index (κ1) is 19.8. The van der Waals surface area contributed by atoms with Crippen LogP contribution in [0.2, 0.25) is 5.02 Å². The largest absolute Gasteiger partial charge is 0.458 e. The molecule has 1 heterocycles. The molecule has 1 N–H and O–H groups in total. The number of esters is 1. The fourth-order valence-corrected chi connectivity index (χ4v) is 3.19. The van der Waals surface area contributed by atoms with Crippen LogP contribution < -0.4 is 5.32 Å². The predicted octanol–water partition coefficient (Wildman–Crippen LogP) is 4.34. The number of nitrogens with one attached hydrogen (secondary N) is 1. The first-order valence-corrected chi connectivity index (χ1v) is 9.73. The Labute approximate surface area is 171 Å². The molecule has 7 heteroatoms. The Morgan fingerprint density at radius 1 is 1.11 bits per heavy atom. The number of benzene rings is 2. The minimum atomic E-state index is -0.525. The fourth-order valence-electron chi connectivity index (χ4n) is 2.26. The van der Waals surface area contributed by atoms with Gasteiger partial charge in [-0.05, 0) is 23.8 Å². The first-order valence-electron chi connectivity index (χ1n) is 8.47. The maximum atomic E-state index is 11.8. The number of carbonyl (C=O) groups is 2. The molecule has 0 radical (unpaired) electrons. The van der Waals surface area contributed by atoms with Gasteiger partial charge in [-0.15, -0.1) is 11.3 Å². The van der Waals surface area contributed by atoms with Gasteiger partial charge >= 0.3 is 5.97 Å². The minimum Gasteiger partial charge on any atom is -0.458 e. The molecule has 0 atom stereocenters. The van der Waals surface area contributed by atoms with E-state index in [-0.39, 0.29) is 19.1 Å². The molecule has 0 aliphatic heterocycles. The summed E-state index contributed by atoms with van der Waals surface area (Å²) in [5.41, 5.74) is 2.50. The van der Waals surface area contributed by atoms with Crippen molar-refractivity contribution >= 4 is 40.9 Å². The molecule has 5 nitrogen and oxygen atoms in total.